The molecule has 6 rings (SSSR count). The number of rotatable bonds is 12. The fourth-order valence-corrected chi connectivity index (χ4v) is 6.88. The minimum Gasteiger partial charge on any atom is -0.387 e. The molecule has 0 radical (unpaired) electrons. The third kappa shape index (κ3) is 14.7. The van der Waals surface area contributed by atoms with E-state index in [1.165, 1.54) is 11.1 Å². The van der Waals surface area contributed by atoms with Gasteiger partial charge in [0, 0.05) is 56.9 Å². The van der Waals surface area contributed by atoms with Crippen LogP contribution in [0.2, 0.25) is 0 Å². The van der Waals surface area contributed by atoms with Gasteiger partial charge in [-0.2, -0.15) is 0 Å². The first-order valence-corrected chi connectivity index (χ1v) is 19.3. The molecular formula is C44H57ClN4O4. The van der Waals surface area contributed by atoms with Gasteiger partial charge in [-0.1, -0.05) is 111 Å². The van der Waals surface area contributed by atoms with Gasteiger partial charge in [0.05, 0.1) is 17.7 Å². The first-order valence-electron chi connectivity index (χ1n) is 18.9. The van der Waals surface area contributed by atoms with E-state index in [0.717, 1.165) is 69.8 Å². The lowest BCUT2D eigenvalue weighted by Crippen LogP contribution is -2.55. The fraction of sp³-hybridized carbons (Fsp3) is 0.409. The molecule has 2 heterocycles. The van der Waals surface area contributed by atoms with Crippen molar-refractivity contribution in [3.8, 4) is 0 Å². The van der Waals surface area contributed by atoms with Crippen LogP contribution in [0.15, 0.2) is 121 Å². The molecule has 2 fully saturated rings. The fourth-order valence-electron chi connectivity index (χ4n) is 6.88. The molecule has 4 aromatic carbocycles. The van der Waals surface area contributed by atoms with Crippen LogP contribution in [-0.4, -0.2) is 81.6 Å². The van der Waals surface area contributed by atoms with E-state index in [9.17, 15) is 19.8 Å². The van der Waals surface area contributed by atoms with E-state index in [0.29, 0.717) is 32.5 Å². The number of nitrogens with zero attached hydrogens (tertiary/aromatic N) is 3. The molecule has 2 aliphatic rings. The van der Waals surface area contributed by atoms with E-state index in [-0.39, 0.29) is 11.1 Å². The summed E-state index contributed by atoms with van der Waals surface area (Å²) in [5.74, 6) is 0.0461. The Labute approximate surface area is 321 Å². The number of hydrogen-bond donors (Lipinski definition) is 3. The highest BCUT2D eigenvalue weighted by Crippen LogP contribution is 2.27. The maximum absolute atomic E-state index is 12.5. The smallest absolute Gasteiger partial charge is 0.226 e. The van der Waals surface area contributed by atoms with E-state index < -0.39 is 11.2 Å². The van der Waals surface area contributed by atoms with Gasteiger partial charge in [-0.05, 0) is 85.8 Å². The van der Waals surface area contributed by atoms with Crippen molar-refractivity contribution >= 4 is 34.1 Å². The van der Waals surface area contributed by atoms with Crippen molar-refractivity contribution in [2.24, 2.45) is 0 Å². The molecule has 1 amide bonds. The highest BCUT2D eigenvalue weighted by molar-refractivity contribution is 6.63. The Hall–Kier alpha value is -4.05. The second-order valence-corrected chi connectivity index (χ2v) is 14.6. The van der Waals surface area contributed by atoms with Gasteiger partial charge < -0.3 is 20.4 Å². The van der Waals surface area contributed by atoms with Crippen LogP contribution in [0.1, 0.15) is 63.5 Å². The number of halogens is 1. The Balaban J connectivity index is 0.000000212. The van der Waals surface area contributed by atoms with Gasteiger partial charge in [0.2, 0.25) is 11.1 Å². The molecule has 2 atom stereocenters. The summed E-state index contributed by atoms with van der Waals surface area (Å²) < 4.78 is 0. The van der Waals surface area contributed by atoms with Crippen molar-refractivity contribution in [1.82, 2.24) is 9.80 Å². The highest BCUT2D eigenvalue weighted by Gasteiger charge is 2.36. The average Bonchev–Trinajstić information content (AvgIpc) is 3.18. The Morgan fingerprint density at radius 1 is 0.679 bits per heavy atom. The zero-order chi connectivity index (χ0) is 37.9. The summed E-state index contributed by atoms with van der Waals surface area (Å²) in [6.45, 7) is 9.61. The molecule has 0 aromatic heterocycles. The van der Waals surface area contributed by atoms with Crippen molar-refractivity contribution < 1.29 is 19.8 Å². The molecular weight excluding hydrogens is 684 g/mol. The summed E-state index contributed by atoms with van der Waals surface area (Å²) in [5.41, 5.74) is 2.95. The summed E-state index contributed by atoms with van der Waals surface area (Å²) >= 11 is 4.82. The van der Waals surface area contributed by atoms with E-state index in [4.69, 9.17) is 11.6 Å². The Kier molecular flexibility index (Phi) is 17.0. The molecule has 0 spiro atoms. The number of carbonyl (C=O) groups excluding carboxylic acids is 2. The van der Waals surface area contributed by atoms with Gasteiger partial charge in [0.15, 0.2) is 0 Å². The van der Waals surface area contributed by atoms with E-state index >= 15 is 0 Å². The zero-order valence-corrected chi connectivity index (χ0v) is 32.1. The lowest BCUT2D eigenvalue weighted by molar-refractivity contribution is -0.119. The van der Waals surface area contributed by atoms with E-state index in [2.05, 4.69) is 51.5 Å². The monoisotopic (exact) mass is 740 g/mol. The van der Waals surface area contributed by atoms with Crippen LogP contribution in [0.5, 0.6) is 0 Å². The molecule has 9 heteroatoms. The van der Waals surface area contributed by atoms with Gasteiger partial charge in [-0.25, -0.2) is 0 Å². The Morgan fingerprint density at radius 2 is 1.11 bits per heavy atom. The van der Waals surface area contributed by atoms with Crippen LogP contribution in [0.3, 0.4) is 0 Å². The van der Waals surface area contributed by atoms with E-state index in [1.54, 1.807) is 11.8 Å². The van der Waals surface area contributed by atoms with Crippen molar-refractivity contribution in [1.29, 1.82) is 0 Å². The maximum Gasteiger partial charge on any atom is 0.226 e. The third-order valence-corrected chi connectivity index (χ3v) is 9.83. The van der Waals surface area contributed by atoms with Crippen LogP contribution >= 0.6 is 11.6 Å². The van der Waals surface area contributed by atoms with Gasteiger partial charge in [0.25, 0.3) is 0 Å². The summed E-state index contributed by atoms with van der Waals surface area (Å²) in [6, 6.07) is 40.6. The molecule has 0 bridgehead atoms. The molecule has 2 saturated heterocycles. The minimum absolute atomic E-state index is 0.0461. The van der Waals surface area contributed by atoms with Crippen LogP contribution in [0.25, 0.3) is 0 Å². The SMILES string of the molecule is CCC(=O)Cl.CCC(=O)N(CC1(O)CCCN(Cc2ccccc2)C1)c1ccccc1.OC1(CNc2ccccc2)CCCN(Cc2ccccc2)C1. The number of para-hydroxylation sites is 2. The topological polar surface area (TPSA) is 96.3 Å². The number of aliphatic hydroxyl groups is 2. The second-order valence-electron chi connectivity index (χ2n) is 14.1. The molecule has 284 valence electrons. The molecule has 2 unspecified atom stereocenters. The molecule has 0 aliphatic carbocycles. The minimum atomic E-state index is -0.881. The van der Waals surface area contributed by atoms with Crippen LogP contribution in [0, 0.1) is 0 Å². The largest absolute Gasteiger partial charge is 0.387 e. The predicted octanol–water partition coefficient (Wildman–Crippen LogP) is 7.74. The summed E-state index contributed by atoms with van der Waals surface area (Å²) in [7, 11) is 0. The number of amides is 1. The first kappa shape index (κ1) is 41.7. The van der Waals surface area contributed by atoms with Crippen molar-refractivity contribution in [3.05, 3.63) is 132 Å². The van der Waals surface area contributed by atoms with Crippen LogP contribution < -0.4 is 10.2 Å². The number of carbonyl (C=O) groups is 2. The number of benzene rings is 4. The van der Waals surface area contributed by atoms with Gasteiger partial charge >= 0.3 is 0 Å². The van der Waals surface area contributed by atoms with Crippen molar-refractivity contribution in [2.75, 3.05) is 49.5 Å². The first-order chi connectivity index (χ1) is 25.6. The molecule has 2 aliphatic heterocycles. The molecule has 4 aromatic rings. The van der Waals surface area contributed by atoms with Crippen molar-refractivity contribution in [2.45, 2.75) is 76.7 Å². The summed E-state index contributed by atoms with van der Waals surface area (Å²) in [4.78, 5) is 28.5. The summed E-state index contributed by atoms with van der Waals surface area (Å²) in [6.07, 6.45) is 4.42. The number of piperidine rings is 2. The number of hydrogen-bond acceptors (Lipinski definition) is 7. The lowest BCUT2D eigenvalue weighted by atomic mass is 9.91. The Bertz CT molecular complexity index is 1630. The van der Waals surface area contributed by atoms with Crippen LogP contribution in [0.4, 0.5) is 11.4 Å². The second kappa shape index (κ2) is 21.6. The Morgan fingerprint density at radius 3 is 1.58 bits per heavy atom. The predicted molar refractivity (Wildman–Crippen MR) is 217 cm³/mol. The normalized spacial score (nSPS) is 20.2. The number of likely N-dealkylation sites (tertiary alicyclic amines) is 2. The number of nitrogens with one attached hydrogen (secondary N) is 1. The molecule has 0 saturated carbocycles. The average molecular weight is 741 g/mol. The highest BCUT2D eigenvalue weighted by atomic mass is 35.5. The lowest BCUT2D eigenvalue weighted by Gasteiger charge is -2.42. The quantitative estimate of drug-likeness (QED) is 0.128. The standard InChI is InChI=1S/C22H28N2O2.C19H24N2O.C3H5ClO/c1-2-21(25)24(20-12-7-4-8-13-20)18-22(26)14-9-15-23(17-22)16-19-10-5-3-6-11-19;22-19(15-20-18-10-5-2-6-11-18)12-7-13-21(16-19)14-17-8-3-1-4-9-17;1-2-3(4)5/h3-8,10-13,26H,2,9,14-18H2,1H3;1-6,8-11,20,22H,7,12-16H2;2H2,1H3. The zero-order valence-electron chi connectivity index (χ0n) is 31.4. The van der Waals surface area contributed by atoms with E-state index in [1.807, 2.05) is 91.9 Å². The molecule has 3 N–H and O–H groups in total. The summed E-state index contributed by atoms with van der Waals surface area (Å²) in [5, 5.41) is 25.2. The third-order valence-electron chi connectivity index (χ3n) is 9.56. The van der Waals surface area contributed by atoms with Gasteiger partial charge in [-0.3, -0.25) is 19.4 Å². The van der Waals surface area contributed by atoms with Crippen LogP contribution in [-0.2, 0) is 22.7 Å². The number of anilines is 2. The molecule has 53 heavy (non-hydrogen) atoms. The molecule has 8 nitrogen and oxygen atoms in total. The number of β-amino-alcohol motifs (C(OH)–C–C–N with tert-alkyl or cyclic N) is 2. The van der Waals surface area contributed by atoms with Gasteiger partial charge in [-0.15, -0.1) is 0 Å². The van der Waals surface area contributed by atoms with Crippen molar-refractivity contribution in [3.63, 3.8) is 0 Å². The maximum atomic E-state index is 12.5. The van der Waals surface area contributed by atoms with Gasteiger partial charge in [0.1, 0.15) is 0 Å².